The average Bonchev–Trinajstić information content (AvgIpc) is 2.64. The Morgan fingerprint density at radius 1 is 1.47 bits per heavy atom. The Bertz CT molecular complexity index is 469. The van der Waals surface area contributed by atoms with Gasteiger partial charge in [0.15, 0.2) is 0 Å². The normalized spacial score (nSPS) is 12.7. The summed E-state index contributed by atoms with van der Waals surface area (Å²) >= 11 is 7.38. The molecule has 4 heteroatoms. The van der Waals surface area contributed by atoms with E-state index in [-0.39, 0.29) is 0 Å². The van der Waals surface area contributed by atoms with Gasteiger partial charge in [-0.2, -0.15) is 0 Å². The molecular formula is C11H10ClNOS. The maximum Gasteiger partial charge on any atom is 0.122 e. The third-order valence-corrected chi connectivity index (χ3v) is 3.11. The van der Waals surface area contributed by atoms with Crippen LogP contribution in [0.1, 0.15) is 22.4 Å². The van der Waals surface area contributed by atoms with Crippen molar-refractivity contribution in [1.29, 1.82) is 0 Å². The van der Waals surface area contributed by atoms with Gasteiger partial charge in [-0.25, -0.2) is 4.98 Å². The summed E-state index contributed by atoms with van der Waals surface area (Å²) in [5, 5.41) is 13.5. The second-order valence-electron chi connectivity index (χ2n) is 3.25. The van der Waals surface area contributed by atoms with Crippen LogP contribution in [0.15, 0.2) is 29.6 Å². The summed E-state index contributed by atoms with van der Waals surface area (Å²) in [6, 6.07) is 7.19. The fourth-order valence-electron chi connectivity index (χ4n) is 1.35. The molecule has 0 aliphatic heterocycles. The summed E-state index contributed by atoms with van der Waals surface area (Å²) < 4.78 is 0. The van der Waals surface area contributed by atoms with Crippen LogP contribution in [-0.4, -0.2) is 10.1 Å². The highest BCUT2D eigenvalue weighted by Gasteiger charge is 2.13. The first-order chi connectivity index (χ1) is 7.16. The van der Waals surface area contributed by atoms with Crippen LogP contribution in [0.3, 0.4) is 0 Å². The maximum atomic E-state index is 10.0. The Kier molecular flexibility index (Phi) is 3.05. The van der Waals surface area contributed by atoms with E-state index in [1.54, 1.807) is 12.1 Å². The first-order valence-electron chi connectivity index (χ1n) is 4.52. The zero-order chi connectivity index (χ0) is 10.8. The molecule has 2 rings (SSSR count). The number of halogens is 1. The number of aliphatic hydroxyl groups excluding tert-OH is 1. The minimum absolute atomic E-state index is 0.624. The molecular weight excluding hydrogens is 230 g/mol. The van der Waals surface area contributed by atoms with Gasteiger partial charge in [-0.1, -0.05) is 23.7 Å². The molecule has 1 aromatic carbocycles. The van der Waals surface area contributed by atoms with Gasteiger partial charge in [0.05, 0.1) is 10.7 Å². The van der Waals surface area contributed by atoms with Crippen LogP contribution < -0.4 is 0 Å². The van der Waals surface area contributed by atoms with Crippen LogP contribution in [0.5, 0.6) is 0 Å². The molecule has 0 fully saturated rings. The molecule has 0 radical (unpaired) electrons. The number of rotatable bonds is 2. The third-order valence-electron chi connectivity index (χ3n) is 2.08. The van der Waals surface area contributed by atoms with Gasteiger partial charge in [-0.15, -0.1) is 11.3 Å². The lowest BCUT2D eigenvalue weighted by Crippen LogP contribution is -1.99. The van der Waals surface area contributed by atoms with Crippen LogP contribution in [0.2, 0.25) is 5.02 Å². The average molecular weight is 240 g/mol. The molecule has 2 nitrogen and oxygen atoms in total. The number of aryl methyl sites for hydroxylation is 1. The van der Waals surface area contributed by atoms with E-state index >= 15 is 0 Å². The van der Waals surface area contributed by atoms with Crippen LogP contribution in [0, 0.1) is 6.92 Å². The third kappa shape index (κ3) is 2.37. The molecule has 78 valence electrons. The summed E-state index contributed by atoms with van der Waals surface area (Å²) in [4.78, 5) is 4.24. The molecule has 0 aliphatic rings. The number of hydrogen-bond acceptors (Lipinski definition) is 3. The van der Waals surface area contributed by atoms with Gasteiger partial charge in [0.2, 0.25) is 0 Å². The Balaban J connectivity index is 2.32. The van der Waals surface area contributed by atoms with Gasteiger partial charge >= 0.3 is 0 Å². The van der Waals surface area contributed by atoms with E-state index in [9.17, 15) is 5.11 Å². The molecule has 15 heavy (non-hydrogen) atoms. The fraction of sp³-hybridized carbons (Fsp3) is 0.182. The molecule has 1 atom stereocenters. The highest BCUT2D eigenvalue weighted by atomic mass is 35.5. The Morgan fingerprint density at radius 3 is 2.87 bits per heavy atom. The number of nitrogens with zero attached hydrogens (tertiary/aromatic N) is 1. The smallest absolute Gasteiger partial charge is 0.122 e. The van der Waals surface area contributed by atoms with E-state index in [2.05, 4.69) is 4.98 Å². The lowest BCUT2D eigenvalue weighted by Gasteiger charge is -2.07. The molecule has 0 amide bonds. The lowest BCUT2D eigenvalue weighted by molar-refractivity contribution is 0.216. The van der Waals surface area contributed by atoms with Crippen molar-refractivity contribution < 1.29 is 5.11 Å². The Hall–Kier alpha value is -0.900. The first kappa shape index (κ1) is 10.6. The van der Waals surface area contributed by atoms with Gasteiger partial charge in [0.25, 0.3) is 0 Å². The molecule has 2 aromatic rings. The van der Waals surface area contributed by atoms with Crippen LogP contribution in [-0.2, 0) is 0 Å². The van der Waals surface area contributed by atoms with Crippen LogP contribution >= 0.6 is 22.9 Å². The summed E-state index contributed by atoms with van der Waals surface area (Å²) in [6.07, 6.45) is -0.686. The van der Waals surface area contributed by atoms with Gasteiger partial charge in [-0.05, 0) is 24.6 Å². The summed E-state index contributed by atoms with van der Waals surface area (Å²) in [5.41, 5.74) is 1.45. The highest BCUT2D eigenvalue weighted by Crippen LogP contribution is 2.24. The van der Waals surface area contributed by atoms with Crippen molar-refractivity contribution in [2.45, 2.75) is 13.0 Å². The Morgan fingerprint density at radius 2 is 2.27 bits per heavy atom. The Labute approximate surface area is 97.2 Å². The number of benzene rings is 1. The van der Waals surface area contributed by atoms with E-state index in [1.165, 1.54) is 11.3 Å². The van der Waals surface area contributed by atoms with E-state index in [1.807, 2.05) is 24.4 Å². The molecule has 1 aromatic heterocycles. The molecule has 0 spiro atoms. The first-order valence-corrected chi connectivity index (χ1v) is 5.78. The molecule has 1 unspecified atom stereocenters. The fourth-order valence-corrected chi connectivity index (χ4v) is 2.18. The van der Waals surface area contributed by atoms with E-state index in [4.69, 9.17) is 11.6 Å². The van der Waals surface area contributed by atoms with Gasteiger partial charge in [0.1, 0.15) is 6.10 Å². The largest absolute Gasteiger partial charge is 0.382 e. The predicted molar refractivity (Wildman–Crippen MR) is 62.4 cm³/mol. The maximum absolute atomic E-state index is 10.0. The summed E-state index contributed by atoms with van der Waals surface area (Å²) in [6.45, 7) is 1.92. The van der Waals surface area contributed by atoms with Crippen LogP contribution in [0.4, 0.5) is 0 Å². The van der Waals surface area contributed by atoms with Crippen LogP contribution in [0.25, 0.3) is 0 Å². The van der Waals surface area contributed by atoms with Crippen molar-refractivity contribution >= 4 is 22.9 Å². The molecule has 0 saturated heterocycles. The minimum atomic E-state index is -0.686. The standard InChI is InChI=1S/C11H10ClNOS/c1-7-13-10(6-15-7)11(14)8-3-2-4-9(12)5-8/h2-6,11,14H,1H3. The predicted octanol–water partition coefficient (Wildman–Crippen LogP) is 3.19. The molecule has 0 aliphatic carbocycles. The second-order valence-corrected chi connectivity index (χ2v) is 4.75. The van der Waals surface area contributed by atoms with Crippen molar-refractivity contribution in [1.82, 2.24) is 4.98 Å². The van der Waals surface area contributed by atoms with Gasteiger partial charge in [-0.3, -0.25) is 0 Å². The van der Waals surface area contributed by atoms with Gasteiger partial charge in [0, 0.05) is 10.4 Å². The monoisotopic (exact) mass is 239 g/mol. The minimum Gasteiger partial charge on any atom is -0.382 e. The van der Waals surface area contributed by atoms with Crippen molar-refractivity contribution in [3.8, 4) is 0 Å². The number of hydrogen-bond donors (Lipinski definition) is 1. The van der Waals surface area contributed by atoms with Crippen molar-refractivity contribution in [3.63, 3.8) is 0 Å². The topological polar surface area (TPSA) is 33.1 Å². The molecule has 0 bridgehead atoms. The summed E-state index contributed by atoms with van der Waals surface area (Å²) in [7, 11) is 0. The van der Waals surface area contributed by atoms with Crippen molar-refractivity contribution in [2.75, 3.05) is 0 Å². The quantitative estimate of drug-likeness (QED) is 0.873. The highest BCUT2D eigenvalue weighted by molar-refractivity contribution is 7.09. The number of thiazole rings is 1. The lowest BCUT2D eigenvalue weighted by atomic mass is 10.1. The van der Waals surface area contributed by atoms with Crippen molar-refractivity contribution in [3.05, 3.63) is 50.9 Å². The van der Waals surface area contributed by atoms with E-state index < -0.39 is 6.10 Å². The van der Waals surface area contributed by atoms with E-state index in [0.29, 0.717) is 10.7 Å². The van der Waals surface area contributed by atoms with E-state index in [0.717, 1.165) is 10.6 Å². The number of aromatic nitrogens is 1. The van der Waals surface area contributed by atoms with Gasteiger partial charge < -0.3 is 5.11 Å². The molecule has 1 heterocycles. The second kappa shape index (κ2) is 4.31. The van der Waals surface area contributed by atoms with Crippen molar-refractivity contribution in [2.24, 2.45) is 0 Å². The molecule has 1 N–H and O–H groups in total. The molecule has 0 saturated carbocycles. The zero-order valence-corrected chi connectivity index (χ0v) is 9.72. The zero-order valence-electron chi connectivity index (χ0n) is 8.14. The SMILES string of the molecule is Cc1nc(C(O)c2cccc(Cl)c2)cs1. The number of aliphatic hydroxyl groups is 1. The summed E-state index contributed by atoms with van der Waals surface area (Å²) in [5.74, 6) is 0.